The maximum atomic E-state index is 11.6. The third-order valence-electron chi connectivity index (χ3n) is 4.27. The molecule has 2 bridgehead atoms. The lowest BCUT2D eigenvalue weighted by Gasteiger charge is -2.32. The molecule has 2 saturated carbocycles. The number of ketones is 1. The highest BCUT2D eigenvalue weighted by Gasteiger charge is 2.48. The van der Waals surface area contributed by atoms with Gasteiger partial charge in [0.1, 0.15) is 0 Å². The molecule has 15 heavy (non-hydrogen) atoms. The van der Waals surface area contributed by atoms with Crippen LogP contribution < -0.4 is 0 Å². The number of allylic oxidation sites excluding steroid dienone is 4. The van der Waals surface area contributed by atoms with Crippen LogP contribution in [0.4, 0.5) is 0 Å². The minimum absolute atomic E-state index is 0.160. The zero-order valence-corrected chi connectivity index (χ0v) is 9.92. The summed E-state index contributed by atoms with van der Waals surface area (Å²) in [6, 6.07) is 0. The number of fused-ring (bicyclic) bond motifs is 2. The van der Waals surface area contributed by atoms with Crippen LogP contribution in [0.5, 0.6) is 0 Å². The van der Waals surface area contributed by atoms with Crippen LogP contribution in [-0.2, 0) is 4.79 Å². The Kier molecular flexibility index (Phi) is 2.57. The van der Waals surface area contributed by atoms with E-state index in [2.05, 4.69) is 13.8 Å². The molecule has 0 aliphatic heterocycles. The van der Waals surface area contributed by atoms with Crippen molar-refractivity contribution in [2.45, 2.75) is 40.0 Å². The maximum Gasteiger partial charge on any atom is 0.178 e. The van der Waals surface area contributed by atoms with Crippen LogP contribution in [0.25, 0.3) is 0 Å². The molecule has 0 amide bonds. The third-order valence-corrected chi connectivity index (χ3v) is 4.27. The van der Waals surface area contributed by atoms with E-state index in [1.54, 1.807) is 6.08 Å². The van der Waals surface area contributed by atoms with Crippen LogP contribution >= 0.6 is 0 Å². The molecule has 1 heteroatoms. The average Bonchev–Trinajstić information content (AvgIpc) is 2.69. The lowest BCUT2D eigenvalue weighted by Crippen LogP contribution is -2.23. The molecule has 2 unspecified atom stereocenters. The summed E-state index contributed by atoms with van der Waals surface area (Å²) in [6.45, 7) is 6.49. The fourth-order valence-electron chi connectivity index (χ4n) is 3.35. The SMILES string of the molecule is C/C=C/C(=O)/C=C1\C2CCC(C2)C1(C)C. The standard InChI is InChI=1S/C14H20O/c1-4-5-12(15)9-13-10-6-7-11(8-10)14(13,2)3/h4-5,9-11H,6-8H2,1-3H3/b5-4+,13-9+. The average molecular weight is 204 g/mol. The Bertz CT molecular complexity index is 333. The fraction of sp³-hybridized carbons (Fsp3) is 0.643. The second-order valence-corrected chi connectivity index (χ2v) is 5.43. The molecule has 2 atom stereocenters. The molecular weight excluding hydrogens is 184 g/mol. The van der Waals surface area contributed by atoms with Gasteiger partial charge in [-0.2, -0.15) is 0 Å². The summed E-state index contributed by atoms with van der Waals surface area (Å²) < 4.78 is 0. The van der Waals surface area contributed by atoms with Gasteiger partial charge < -0.3 is 0 Å². The zero-order valence-electron chi connectivity index (χ0n) is 9.92. The van der Waals surface area contributed by atoms with Gasteiger partial charge >= 0.3 is 0 Å². The second kappa shape index (κ2) is 3.62. The Morgan fingerprint density at radius 2 is 2.13 bits per heavy atom. The van der Waals surface area contributed by atoms with Gasteiger partial charge in [-0.15, -0.1) is 0 Å². The molecule has 82 valence electrons. The number of carbonyl (C=O) groups is 1. The van der Waals surface area contributed by atoms with E-state index in [1.165, 1.54) is 24.8 Å². The van der Waals surface area contributed by atoms with E-state index in [4.69, 9.17) is 0 Å². The minimum Gasteiger partial charge on any atom is -0.290 e. The van der Waals surface area contributed by atoms with Crippen molar-refractivity contribution < 1.29 is 4.79 Å². The van der Waals surface area contributed by atoms with E-state index in [-0.39, 0.29) is 11.2 Å². The lowest BCUT2D eigenvalue weighted by molar-refractivity contribution is -0.110. The molecule has 0 heterocycles. The predicted octanol–water partition coefficient (Wildman–Crippen LogP) is 3.51. The quantitative estimate of drug-likeness (QED) is 0.629. The molecular formula is C14H20O. The van der Waals surface area contributed by atoms with Crippen LogP contribution in [0, 0.1) is 17.3 Å². The highest BCUT2D eigenvalue weighted by Crippen LogP contribution is 2.58. The highest BCUT2D eigenvalue weighted by molar-refractivity contribution is 5.99. The van der Waals surface area contributed by atoms with Crippen molar-refractivity contribution in [1.82, 2.24) is 0 Å². The van der Waals surface area contributed by atoms with Crippen molar-refractivity contribution in [3.8, 4) is 0 Å². The Balaban J connectivity index is 2.26. The molecule has 2 rings (SSSR count). The summed E-state index contributed by atoms with van der Waals surface area (Å²) in [5.41, 5.74) is 1.67. The number of carbonyl (C=O) groups excluding carboxylic acids is 1. The van der Waals surface area contributed by atoms with E-state index in [9.17, 15) is 4.79 Å². The van der Waals surface area contributed by atoms with Gasteiger partial charge in [0.2, 0.25) is 0 Å². The van der Waals surface area contributed by atoms with Gasteiger partial charge in [-0.05, 0) is 55.6 Å². The predicted molar refractivity (Wildman–Crippen MR) is 62.5 cm³/mol. The second-order valence-electron chi connectivity index (χ2n) is 5.43. The van der Waals surface area contributed by atoms with Gasteiger partial charge in [-0.3, -0.25) is 4.79 Å². The number of hydrogen-bond acceptors (Lipinski definition) is 1. The van der Waals surface area contributed by atoms with E-state index in [0.29, 0.717) is 5.92 Å². The molecule has 2 fully saturated rings. The molecule has 2 aliphatic rings. The minimum atomic E-state index is 0.160. The van der Waals surface area contributed by atoms with Crippen molar-refractivity contribution >= 4 is 5.78 Å². The van der Waals surface area contributed by atoms with Crippen molar-refractivity contribution in [1.29, 1.82) is 0 Å². The topological polar surface area (TPSA) is 17.1 Å². The Labute approximate surface area is 92.3 Å². The summed E-state index contributed by atoms with van der Waals surface area (Å²) >= 11 is 0. The van der Waals surface area contributed by atoms with Crippen LogP contribution in [0.1, 0.15) is 40.0 Å². The van der Waals surface area contributed by atoms with Gasteiger partial charge in [0.15, 0.2) is 5.78 Å². The first-order valence-corrected chi connectivity index (χ1v) is 5.94. The van der Waals surface area contributed by atoms with E-state index in [0.717, 1.165) is 5.92 Å². The van der Waals surface area contributed by atoms with Crippen LogP contribution in [0.2, 0.25) is 0 Å². The Morgan fingerprint density at radius 1 is 1.40 bits per heavy atom. The van der Waals surface area contributed by atoms with Crippen molar-refractivity contribution in [3.05, 3.63) is 23.8 Å². The molecule has 0 radical (unpaired) electrons. The lowest BCUT2D eigenvalue weighted by atomic mass is 9.72. The Hall–Kier alpha value is -0.850. The summed E-state index contributed by atoms with van der Waals surface area (Å²) in [6.07, 6.45) is 9.33. The summed E-state index contributed by atoms with van der Waals surface area (Å²) in [7, 11) is 0. The summed E-state index contributed by atoms with van der Waals surface area (Å²) in [4.78, 5) is 11.6. The first-order chi connectivity index (χ1) is 7.05. The van der Waals surface area contributed by atoms with Crippen molar-refractivity contribution in [3.63, 3.8) is 0 Å². The largest absolute Gasteiger partial charge is 0.290 e. The van der Waals surface area contributed by atoms with Crippen LogP contribution in [0.15, 0.2) is 23.8 Å². The van der Waals surface area contributed by atoms with E-state index in [1.807, 2.05) is 19.1 Å². The molecule has 0 spiro atoms. The van der Waals surface area contributed by atoms with Crippen molar-refractivity contribution in [2.24, 2.45) is 17.3 Å². The number of hydrogen-bond donors (Lipinski definition) is 0. The highest BCUT2D eigenvalue weighted by atomic mass is 16.1. The Morgan fingerprint density at radius 3 is 2.67 bits per heavy atom. The van der Waals surface area contributed by atoms with Crippen LogP contribution in [-0.4, -0.2) is 5.78 Å². The van der Waals surface area contributed by atoms with Gasteiger partial charge in [0.05, 0.1) is 0 Å². The van der Waals surface area contributed by atoms with Gasteiger partial charge in [0.25, 0.3) is 0 Å². The summed E-state index contributed by atoms with van der Waals surface area (Å²) in [5, 5.41) is 0. The van der Waals surface area contributed by atoms with Gasteiger partial charge in [-0.1, -0.05) is 25.5 Å². The maximum absolute atomic E-state index is 11.6. The normalized spacial score (nSPS) is 35.5. The van der Waals surface area contributed by atoms with Gasteiger partial charge in [-0.25, -0.2) is 0 Å². The van der Waals surface area contributed by atoms with Gasteiger partial charge in [0, 0.05) is 0 Å². The first kappa shape index (κ1) is 10.7. The monoisotopic (exact) mass is 204 g/mol. The molecule has 0 saturated heterocycles. The third kappa shape index (κ3) is 1.68. The van der Waals surface area contributed by atoms with Crippen molar-refractivity contribution in [2.75, 3.05) is 0 Å². The smallest absolute Gasteiger partial charge is 0.178 e. The fourth-order valence-corrected chi connectivity index (χ4v) is 3.35. The first-order valence-electron chi connectivity index (χ1n) is 5.94. The van der Waals surface area contributed by atoms with E-state index >= 15 is 0 Å². The molecule has 2 aliphatic carbocycles. The molecule has 0 aromatic heterocycles. The molecule has 0 aromatic rings. The number of rotatable bonds is 2. The molecule has 0 N–H and O–H groups in total. The zero-order chi connectivity index (χ0) is 11.1. The summed E-state index contributed by atoms with van der Waals surface area (Å²) in [5.74, 6) is 1.67. The van der Waals surface area contributed by atoms with Crippen LogP contribution in [0.3, 0.4) is 0 Å². The van der Waals surface area contributed by atoms with E-state index < -0.39 is 0 Å². The molecule has 0 aromatic carbocycles. The molecule has 1 nitrogen and oxygen atoms in total.